The maximum absolute atomic E-state index is 12.4. The lowest BCUT2D eigenvalue weighted by Crippen LogP contribution is -2.42. The molecule has 120 valence electrons. The third-order valence-electron chi connectivity index (χ3n) is 4.51. The van der Waals surface area contributed by atoms with Gasteiger partial charge < -0.3 is 20.7 Å². The highest BCUT2D eigenvalue weighted by Crippen LogP contribution is 2.39. The number of hydrogen-bond donors (Lipinski definition) is 2. The lowest BCUT2D eigenvalue weighted by atomic mass is 9.85. The minimum atomic E-state index is -0.348. The van der Waals surface area contributed by atoms with Gasteiger partial charge in [-0.25, -0.2) is 0 Å². The SMILES string of the molecule is CN(C)C(=O)C1(CN=C(N)NCC2CCCO2)CCCC1. The standard InChI is InChI=1S/C15H28N4O2/c1-19(2)13(20)15(7-3-4-8-15)11-18-14(16)17-10-12-6-5-9-21-12/h12H,3-11H2,1-2H3,(H3,16,17,18). The predicted octanol–water partition coefficient (Wildman–Crippen LogP) is 0.718. The molecule has 1 unspecified atom stereocenters. The van der Waals surface area contributed by atoms with E-state index in [9.17, 15) is 4.79 Å². The summed E-state index contributed by atoms with van der Waals surface area (Å²) in [6.45, 7) is 2.02. The molecular weight excluding hydrogens is 268 g/mol. The molecule has 0 spiro atoms. The Morgan fingerprint density at radius 3 is 2.67 bits per heavy atom. The Bertz CT molecular complexity index is 383. The third-order valence-corrected chi connectivity index (χ3v) is 4.51. The summed E-state index contributed by atoms with van der Waals surface area (Å²) < 4.78 is 5.54. The first-order chi connectivity index (χ1) is 10.0. The molecule has 0 aromatic rings. The molecule has 1 amide bonds. The van der Waals surface area contributed by atoms with Crippen molar-refractivity contribution in [2.75, 3.05) is 33.8 Å². The van der Waals surface area contributed by atoms with Crippen molar-refractivity contribution in [2.45, 2.75) is 44.6 Å². The lowest BCUT2D eigenvalue weighted by Gasteiger charge is -2.29. The van der Waals surface area contributed by atoms with Crippen LogP contribution in [-0.4, -0.2) is 56.7 Å². The van der Waals surface area contributed by atoms with E-state index in [1.54, 1.807) is 4.90 Å². The van der Waals surface area contributed by atoms with Crippen molar-refractivity contribution in [2.24, 2.45) is 16.1 Å². The number of nitrogens with zero attached hydrogens (tertiary/aromatic N) is 2. The number of nitrogens with one attached hydrogen (secondary N) is 1. The summed E-state index contributed by atoms with van der Waals surface area (Å²) in [7, 11) is 3.62. The van der Waals surface area contributed by atoms with Gasteiger partial charge in [-0.1, -0.05) is 12.8 Å². The Morgan fingerprint density at radius 1 is 1.38 bits per heavy atom. The van der Waals surface area contributed by atoms with E-state index < -0.39 is 0 Å². The van der Waals surface area contributed by atoms with Crippen LogP contribution in [-0.2, 0) is 9.53 Å². The Labute approximate surface area is 127 Å². The highest BCUT2D eigenvalue weighted by atomic mass is 16.5. The Morgan fingerprint density at radius 2 is 2.10 bits per heavy atom. The van der Waals surface area contributed by atoms with Crippen LogP contribution in [0.2, 0.25) is 0 Å². The van der Waals surface area contributed by atoms with Gasteiger partial charge in [0.2, 0.25) is 5.91 Å². The average Bonchev–Trinajstić information content (AvgIpc) is 3.14. The summed E-state index contributed by atoms with van der Waals surface area (Å²) in [4.78, 5) is 18.5. The number of aliphatic imine (C=N–C) groups is 1. The summed E-state index contributed by atoms with van der Waals surface area (Å²) >= 11 is 0. The highest BCUT2D eigenvalue weighted by Gasteiger charge is 2.41. The van der Waals surface area contributed by atoms with E-state index in [4.69, 9.17) is 10.5 Å². The second-order valence-corrected chi connectivity index (χ2v) is 6.40. The van der Waals surface area contributed by atoms with E-state index in [0.29, 0.717) is 19.0 Å². The number of guanidine groups is 1. The Hall–Kier alpha value is -1.30. The monoisotopic (exact) mass is 296 g/mol. The third kappa shape index (κ3) is 4.09. The minimum absolute atomic E-state index is 0.177. The normalized spacial score (nSPS) is 25.0. The van der Waals surface area contributed by atoms with E-state index in [1.165, 1.54) is 0 Å². The topological polar surface area (TPSA) is 80.0 Å². The van der Waals surface area contributed by atoms with Crippen LogP contribution in [0.1, 0.15) is 38.5 Å². The van der Waals surface area contributed by atoms with Crippen LogP contribution in [0.3, 0.4) is 0 Å². The van der Waals surface area contributed by atoms with Crippen molar-refractivity contribution in [1.82, 2.24) is 10.2 Å². The smallest absolute Gasteiger partial charge is 0.230 e. The number of carbonyl (C=O) groups is 1. The predicted molar refractivity (Wildman–Crippen MR) is 83.1 cm³/mol. The van der Waals surface area contributed by atoms with Crippen molar-refractivity contribution >= 4 is 11.9 Å². The Balaban J connectivity index is 1.87. The van der Waals surface area contributed by atoms with Crippen LogP contribution < -0.4 is 11.1 Å². The molecule has 2 rings (SSSR count). The Kier molecular flexibility index (Phi) is 5.45. The molecule has 6 heteroatoms. The summed E-state index contributed by atoms with van der Waals surface area (Å²) in [6.07, 6.45) is 6.44. The molecule has 21 heavy (non-hydrogen) atoms. The van der Waals surface area contributed by atoms with Crippen molar-refractivity contribution in [3.8, 4) is 0 Å². The molecule has 2 aliphatic rings. The van der Waals surface area contributed by atoms with Crippen LogP contribution in [0, 0.1) is 5.41 Å². The first-order valence-corrected chi connectivity index (χ1v) is 7.91. The van der Waals surface area contributed by atoms with Crippen LogP contribution in [0.25, 0.3) is 0 Å². The lowest BCUT2D eigenvalue weighted by molar-refractivity contribution is -0.138. The molecule has 1 aliphatic heterocycles. The van der Waals surface area contributed by atoms with Gasteiger partial charge in [0.15, 0.2) is 5.96 Å². The zero-order valence-electron chi connectivity index (χ0n) is 13.2. The molecule has 0 bridgehead atoms. The van der Waals surface area contributed by atoms with Gasteiger partial charge in [0, 0.05) is 27.2 Å². The number of nitrogens with two attached hydrogens (primary N) is 1. The van der Waals surface area contributed by atoms with Gasteiger partial charge >= 0.3 is 0 Å². The number of carbonyl (C=O) groups excluding carboxylic acids is 1. The van der Waals surface area contributed by atoms with E-state index in [0.717, 1.165) is 45.1 Å². The van der Waals surface area contributed by atoms with Crippen molar-refractivity contribution < 1.29 is 9.53 Å². The van der Waals surface area contributed by atoms with Gasteiger partial charge in [-0.2, -0.15) is 0 Å². The largest absolute Gasteiger partial charge is 0.376 e. The molecule has 1 aliphatic carbocycles. The van der Waals surface area contributed by atoms with Crippen LogP contribution in [0.4, 0.5) is 0 Å². The zero-order valence-corrected chi connectivity index (χ0v) is 13.2. The fraction of sp³-hybridized carbons (Fsp3) is 0.867. The fourth-order valence-corrected chi connectivity index (χ4v) is 3.28. The number of hydrogen-bond acceptors (Lipinski definition) is 3. The highest BCUT2D eigenvalue weighted by molar-refractivity contribution is 5.84. The van der Waals surface area contributed by atoms with Crippen molar-refractivity contribution in [3.05, 3.63) is 0 Å². The van der Waals surface area contributed by atoms with E-state index in [2.05, 4.69) is 10.3 Å². The minimum Gasteiger partial charge on any atom is -0.376 e. The summed E-state index contributed by atoms with van der Waals surface area (Å²) in [5.41, 5.74) is 5.58. The molecule has 1 saturated carbocycles. The van der Waals surface area contributed by atoms with Crippen LogP contribution in [0.5, 0.6) is 0 Å². The van der Waals surface area contributed by atoms with Gasteiger partial charge in [0.25, 0.3) is 0 Å². The maximum atomic E-state index is 12.4. The van der Waals surface area contributed by atoms with E-state index >= 15 is 0 Å². The number of amides is 1. The molecular formula is C15H28N4O2. The van der Waals surface area contributed by atoms with Crippen molar-refractivity contribution in [3.63, 3.8) is 0 Å². The van der Waals surface area contributed by atoms with Crippen molar-refractivity contribution in [1.29, 1.82) is 0 Å². The fourth-order valence-electron chi connectivity index (χ4n) is 3.28. The molecule has 1 atom stereocenters. The molecule has 6 nitrogen and oxygen atoms in total. The first-order valence-electron chi connectivity index (χ1n) is 7.91. The van der Waals surface area contributed by atoms with E-state index in [1.807, 2.05) is 14.1 Å². The molecule has 0 radical (unpaired) electrons. The second kappa shape index (κ2) is 7.11. The molecule has 1 saturated heterocycles. The van der Waals surface area contributed by atoms with Gasteiger partial charge in [-0.05, 0) is 25.7 Å². The maximum Gasteiger partial charge on any atom is 0.230 e. The number of ether oxygens (including phenoxy) is 1. The molecule has 2 fully saturated rings. The van der Waals surface area contributed by atoms with Gasteiger partial charge in [0.1, 0.15) is 0 Å². The van der Waals surface area contributed by atoms with Crippen LogP contribution in [0.15, 0.2) is 4.99 Å². The molecule has 0 aromatic heterocycles. The zero-order chi connectivity index (χ0) is 15.3. The molecule has 1 heterocycles. The van der Waals surface area contributed by atoms with E-state index in [-0.39, 0.29) is 17.4 Å². The summed E-state index contributed by atoms with van der Waals surface area (Å²) in [5.74, 6) is 0.596. The van der Waals surface area contributed by atoms with Crippen LogP contribution >= 0.6 is 0 Å². The second-order valence-electron chi connectivity index (χ2n) is 6.40. The summed E-state index contributed by atoms with van der Waals surface area (Å²) in [5, 5.41) is 3.11. The number of rotatable bonds is 5. The quantitative estimate of drug-likeness (QED) is 0.579. The molecule has 3 N–H and O–H groups in total. The van der Waals surface area contributed by atoms with Gasteiger partial charge in [0.05, 0.1) is 18.1 Å². The molecule has 0 aromatic carbocycles. The van der Waals surface area contributed by atoms with Gasteiger partial charge in [-0.15, -0.1) is 0 Å². The summed E-state index contributed by atoms with van der Waals surface area (Å²) in [6, 6.07) is 0. The van der Waals surface area contributed by atoms with Gasteiger partial charge in [-0.3, -0.25) is 9.79 Å². The first kappa shape index (κ1) is 16.1. The average molecular weight is 296 g/mol.